The maximum Gasteiger partial charge on any atom is 0.255 e. The highest BCUT2D eigenvalue weighted by molar-refractivity contribution is 7.13. The Labute approximate surface area is 179 Å². The third kappa shape index (κ3) is 3.60. The summed E-state index contributed by atoms with van der Waals surface area (Å²) in [6, 6.07) is 12.3. The van der Waals surface area contributed by atoms with Gasteiger partial charge in [-0.15, -0.1) is 11.3 Å². The van der Waals surface area contributed by atoms with E-state index in [0.717, 1.165) is 35.4 Å². The van der Waals surface area contributed by atoms with Crippen molar-refractivity contribution in [3.05, 3.63) is 71.0 Å². The van der Waals surface area contributed by atoms with Crippen LogP contribution in [0.25, 0.3) is 10.6 Å². The van der Waals surface area contributed by atoms with Gasteiger partial charge in [-0.3, -0.25) is 4.79 Å². The first-order chi connectivity index (χ1) is 14.6. The predicted octanol–water partition coefficient (Wildman–Crippen LogP) is 5.33. The number of ether oxygens (including phenoxy) is 1. The van der Waals surface area contributed by atoms with Gasteiger partial charge >= 0.3 is 0 Å². The second-order valence-corrected chi connectivity index (χ2v) is 9.14. The van der Waals surface area contributed by atoms with E-state index in [1.54, 1.807) is 29.7 Å². The molecule has 1 aromatic heterocycles. The normalized spacial score (nSPS) is 22.5. The van der Waals surface area contributed by atoms with Crippen LogP contribution in [0.3, 0.4) is 0 Å². The number of aromatic nitrogens is 1. The average Bonchev–Trinajstić information content (AvgIpc) is 3.26. The average molecular weight is 423 g/mol. The number of piperidine rings is 2. The monoisotopic (exact) mass is 422 g/mol. The number of rotatable bonds is 5. The summed E-state index contributed by atoms with van der Waals surface area (Å²) >= 11 is 1.54. The van der Waals surface area contributed by atoms with E-state index in [2.05, 4.69) is 4.98 Å². The molecule has 3 aliphatic rings. The molecule has 0 spiro atoms. The summed E-state index contributed by atoms with van der Waals surface area (Å²) in [7, 11) is 0. The van der Waals surface area contributed by atoms with Crippen LogP contribution in [0.15, 0.2) is 54.0 Å². The van der Waals surface area contributed by atoms with E-state index in [1.165, 1.54) is 12.1 Å². The van der Waals surface area contributed by atoms with Crippen LogP contribution in [0, 0.1) is 18.7 Å². The van der Waals surface area contributed by atoms with Gasteiger partial charge < -0.3 is 9.64 Å². The Kier molecular flexibility index (Phi) is 5.03. The molecule has 2 saturated heterocycles. The number of nitrogens with zero attached hydrogens (tertiary/aromatic N) is 2. The van der Waals surface area contributed by atoms with E-state index in [9.17, 15) is 9.18 Å². The van der Waals surface area contributed by atoms with E-state index in [0.29, 0.717) is 23.8 Å². The minimum absolute atomic E-state index is 0.0183. The highest BCUT2D eigenvalue weighted by Gasteiger charge is 2.47. The molecule has 2 aliphatic heterocycles. The van der Waals surface area contributed by atoms with Crippen molar-refractivity contribution < 1.29 is 13.9 Å². The van der Waals surface area contributed by atoms with Gasteiger partial charge in [0.05, 0.1) is 11.6 Å². The van der Waals surface area contributed by atoms with Crippen molar-refractivity contribution in [2.45, 2.75) is 38.3 Å². The third-order valence-corrected chi connectivity index (χ3v) is 6.97. The Balaban J connectivity index is 1.42. The van der Waals surface area contributed by atoms with Crippen molar-refractivity contribution in [2.75, 3.05) is 6.61 Å². The largest absolute Gasteiger partial charge is 0.491 e. The lowest BCUT2D eigenvalue weighted by atomic mass is 9.70. The lowest BCUT2D eigenvalue weighted by Crippen LogP contribution is -2.60. The molecule has 1 unspecified atom stereocenters. The molecule has 4 nitrogen and oxygen atoms in total. The summed E-state index contributed by atoms with van der Waals surface area (Å²) in [4.78, 5) is 20.2. The molecule has 3 heterocycles. The van der Waals surface area contributed by atoms with Crippen molar-refractivity contribution in [1.82, 2.24) is 9.88 Å². The summed E-state index contributed by atoms with van der Waals surface area (Å²) in [5.74, 6) is 1.06. The lowest BCUT2D eigenvalue weighted by Gasteiger charge is -2.53. The highest BCUT2D eigenvalue weighted by atomic mass is 32.1. The molecule has 6 rings (SSSR count). The van der Waals surface area contributed by atoms with Crippen molar-refractivity contribution in [1.29, 1.82) is 0 Å². The molecule has 2 aromatic carbocycles. The molecular weight excluding hydrogens is 399 g/mol. The number of hydrogen-bond acceptors (Lipinski definition) is 4. The van der Waals surface area contributed by atoms with Crippen LogP contribution in [0.2, 0.25) is 0 Å². The zero-order valence-corrected chi connectivity index (χ0v) is 17.6. The summed E-state index contributed by atoms with van der Waals surface area (Å²) in [6.45, 7) is 2.43. The van der Waals surface area contributed by atoms with Crippen LogP contribution in [0.5, 0.6) is 5.75 Å². The Hall–Kier alpha value is -2.73. The number of carbonyl (C=O) groups excluding carboxylic acids is 1. The molecule has 3 aromatic rings. The second kappa shape index (κ2) is 7.84. The van der Waals surface area contributed by atoms with E-state index in [-0.39, 0.29) is 23.8 Å². The number of halogens is 1. The number of amides is 1. The first-order valence-electron chi connectivity index (χ1n) is 10.3. The molecule has 1 amide bonds. The fourth-order valence-electron chi connectivity index (χ4n) is 4.64. The van der Waals surface area contributed by atoms with Gasteiger partial charge in [-0.1, -0.05) is 17.7 Å². The van der Waals surface area contributed by atoms with Crippen molar-refractivity contribution in [2.24, 2.45) is 5.92 Å². The van der Waals surface area contributed by atoms with Crippen LogP contribution < -0.4 is 4.74 Å². The maximum atomic E-state index is 13.8. The second-order valence-electron chi connectivity index (χ2n) is 8.24. The van der Waals surface area contributed by atoms with Gasteiger partial charge in [0.2, 0.25) is 0 Å². The number of thiazole rings is 1. The molecule has 1 aliphatic carbocycles. The SMILES string of the molecule is Cc1ccc(-c2nccs2)c(C(=O)N2C(COc3ccc(F)cc3)CC3CC2C3)c1. The smallest absolute Gasteiger partial charge is 0.255 e. The van der Waals surface area contributed by atoms with Gasteiger partial charge in [0.15, 0.2) is 0 Å². The van der Waals surface area contributed by atoms with E-state index < -0.39 is 0 Å². The summed E-state index contributed by atoms with van der Waals surface area (Å²) < 4.78 is 19.1. The Morgan fingerprint density at radius 2 is 2.00 bits per heavy atom. The van der Waals surface area contributed by atoms with Gasteiger partial charge in [0, 0.05) is 23.2 Å². The number of aryl methyl sites for hydroxylation is 1. The Bertz CT molecular complexity index is 1050. The number of benzene rings is 2. The van der Waals surface area contributed by atoms with Gasteiger partial charge in [0.25, 0.3) is 5.91 Å². The van der Waals surface area contributed by atoms with E-state index in [4.69, 9.17) is 4.74 Å². The van der Waals surface area contributed by atoms with Gasteiger partial charge in [0.1, 0.15) is 23.2 Å². The summed E-state index contributed by atoms with van der Waals surface area (Å²) in [5, 5.41) is 2.79. The molecular formula is C24H23FN2O2S. The summed E-state index contributed by atoms with van der Waals surface area (Å²) in [5.41, 5.74) is 2.66. The lowest BCUT2D eigenvalue weighted by molar-refractivity contribution is -0.0305. The Morgan fingerprint density at radius 1 is 1.20 bits per heavy atom. The maximum absolute atomic E-state index is 13.8. The van der Waals surface area contributed by atoms with Crippen LogP contribution in [0.4, 0.5) is 4.39 Å². The molecule has 6 heteroatoms. The van der Waals surface area contributed by atoms with Crippen LogP contribution in [-0.4, -0.2) is 34.5 Å². The fourth-order valence-corrected chi connectivity index (χ4v) is 5.31. The third-order valence-electron chi connectivity index (χ3n) is 6.16. The molecule has 1 atom stereocenters. The fraction of sp³-hybridized carbons (Fsp3) is 0.333. The van der Waals surface area contributed by atoms with Gasteiger partial charge in [-0.25, -0.2) is 9.37 Å². The van der Waals surface area contributed by atoms with Crippen LogP contribution in [0.1, 0.15) is 35.2 Å². The minimum Gasteiger partial charge on any atom is -0.491 e. The molecule has 154 valence electrons. The first kappa shape index (κ1) is 19.2. The topological polar surface area (TPSA) is 42.4 Å². The highest BCUT2D eigenvalue weighted by Crippen LogP contribution is 2.44. The molecule has 0 N–H and O–H groups in total. The predicted molar refractivity (Wildman–Crippen MR) is 115 cm³/mol. The van der Waals surface area contributed by atoms with Crippen LogP contribution >= 0.6 is 11.3 Å². The standard InChI is InChI=1S/C24H23FN2O2S/c1-15-2-7-21(23-26-8-9-30-23)22(10-15)24(28)27-18-11-16(12-18)13-19(27)14-29-20-5-3-17(25)4-6-20/h2-10,16,18-19H,11-14H2,1H3. The van der Waals surface area contributed by atoms with Gasteiger partial charge in [-0.05, 0) is 62.4 Å². The van der Waals surface area contributed by atoms with Crippen molar-refractivity contribution in [3.8, 4) is 16.3 Å². The van der Waals surface area contributed by atoms with Crippen LogP contribution in [-0.2, 0) is 0 Å². The Morgan fingerprint density at radius 3 is 2.73 bits per heavy atom. The molecule has 0 radical (unpaired) electrons. The number of hydrogen-bond donors (Lipinski definition) is 0. The van der Waals surface area contributed by atoms with Gasteiger partial charge in [-0.2, -0.15) is 0 Å². The first-order valence-corrected chi connectivity index (χ1v) is 11.2. The minimum atomic E-state index is -0.285. The van der Waals surface area contributed by atoms with Crippen molar-refractivity contribution in [3.63, 3.8) is 0 Å². The summed E-state index contributed by atoms with van der Waals surface area (Å²) in [6.07, 6.45) is 4.85. The number of carbonyl (C=O) groups is 1. The zero-order chi connectivity index (χ0) is 20.7. The molecule has 30 heavy (non-hydrogen) atoms. The van der Waals surface area contributed by atoms with E-state index in [1.807, 2.05) is 35.4 Å². The van der Waals surface area contributed by atoms with Crippen molar-refractivity contribution >= 4 is 17.2 Å². The molecule has 2 bridgehead atoms. The number of fused-ring (bicyclic) bond motifs is 2. The quantitative estimate of drug-likeness (QED) is 0.558. The molecule has 3 fully saturated rings. The van der Waals surface area contributed by atoms with E-state index >= 15 is 0 Å². The molecule has 1 saturated carbocycles. The zero-order valence-electron chi connectivity index (χ0n) is 16.8.